The SMILES string of the molecule is CCC[CH2][Sn]([CH2]CCC)([CH2]CCC)[CH](C)P(=O)(OCC)OCC. The maximum absolute atomic E-state index is 13.5. The van der Waals surface area contributed by atoms with Crippen molar-refractivity contribution in [2.75, 3.05) is 13.2 Å². The molecule has 0 radical (unpaired) electrons. The molecule has 0 aromatic carbocycles. The van der Waals surface area contributed by atoms with Gasteiger partial charge in [-0.15, -0.1) is 0 Å². The second-order valence-corrected chi connectivity index (χ2v) is 25.0. The van der Waals surface area contributed by atoms with E-state index >= 15 is 0 Å². The molecule has 0 aliphatic heterocycles. The van der Waals surface area contributed by atoms with Crippen molar-refractivity contribution in [3.63, 3.8) is 0 Å². The van der Waals surface area contributed by atoms with Crippen LogP contribution in [0, 0.1) is 0 Å². The zero-order valence-electron chi connectivity index (χ0n) is 16.5. The van der Waals surface area contributed by atoms with Gasteiger partial charge < -0.3 is 0 Å². The first kappa shape index (κ1) is 23.9. The zero-order chi connectivity index (χ0) is 17.8. The monoisotopic (exact) mass is 456 g/mol. The molecule has 0 heterocycles. The number of hydrogen-bond donors (Lipinski definition) is 0. The normalized spacial score (nSPS) is 14.2. The number of hydrogen-bond acceptors (Lipinski definition) is 3. The van der Waals surface area contributed by atoms with Crippen LogP contribution in [-0.2, 0) is 13.6 Å². The molecule has 5 heteroatoms. The number of rotatable bonds is 15. The van der Waals surface area contributed by atoms with Gasteiger partial charge in [0.05, 0.1) is 0 Å². The molecule has 0 saturated heterocycles. The molecule has 0 saturated carbocycles. The van der Waals surface area contributed by atoms with Crippen molar-refractivity contribution in [3.8, 4) is 0 Å². The van der Waals surface area contributed by atoms with Gasteiger partial charge in [-0.1, -0.05) is 0 Å². The van der Waals surface area contributed by atoms with Crippen LogP contribution in [0.1, 0.15) is 80.1 Å². The Morgan fingerprint density at radius 3 is 1.39 bits per heavy atom. The Morgan fingerprint density at radius 2 is 1.13 bits per heavy atom. The van der Waals surface area contributed by atoms with Gasteiger partial charge in [0.2, 0.25) is 0 Å². The van der Waals surface area contributed by atoms with Crippen LogP contribution in [0.4, 0.5) is 0 Å². The first-order chi connectivity index (χ1) is 11.0. The van der Waals surface area contributed by atoms with E-state index in [0.29, 0.717) is 13.2 Å². The van der Waals surface area contributed by atoms with Crippen LogP contribution in [0.3, 0.4) is 0 Å². The van der Waals surface area contributed by atoms with Crippen molar-refractivity contribution in [1.82, 2.24) is 0 Å². The molecule has 0 aromatic heterocycles. The van der Waals surface area contributed by atoms with E-state index in [1.54, 1.807) is 0 Å². The standard InChI is InChI=1S/C6H14O3P.3C4H9.Sn/c1-4-8-10(7,6-3)9-5-2;3*1-3-4-2;/h6H,4-5H2,1-3H3;3*1,3-4H2,2H3;. The average Bonchev–Trinajstić information content (AvgIpc) is 2.54. The van der Waals surface area contributed by atoms with Crippen molar-refractivity contribution in [2.45, 2.75) is 97.1 Å². The minimum absolute atomic E-state index is 0.182. The molecule has 0 spiro atoms. The van der Waals surface area contributed by atoms with Crippen LogP contribution in [0.15, 0.2) is 0 Å². The van der Waals surface area contributed by atoms with Crippen LogP contribution in [0.2, 0.25) is 13.3 Å². The predicted octanol–water partition coefficient (Wildman–Crippen LogP) is 7.03. The Hall–Kier alpha value is 0.949. The Morgan fingerprint density at radius 1 is 0.783 bits per heavy atom. The summed E-state index contributed by atoms with van der Waals surface area (Å²) in [6, 6.07) is 0. The van der Waals surface area contributed by atoms with E-state index in [9.17, 15) is 4.57 Å². The first-order valence-corrected chi connectivity index (χ1v) is 19.2. The Kier molecular flexibility index (Phi) is 13.7. The van der Waals surface area contributed by atoms with E-state index in [-0.39, 0.29) is 3.67 Å². The van der Waals surface area contributed by atoms with Crippen LogP contribution >= 0.6 is 7.60 Å². The fraction of sp³-hybridized carbons (Fsp3) is 1.00. The summed E-state index contributed by atoms with van der Waals surface area (Å²) in [6.45, 7) is 13.9. The molecule has 1 unspecified atom stereocenters. The Bertz CT molecular complexity index is 304. The Balaban J connectivity index is 5.56. The third kappa shape index (κ3) is 7.79. The third-order valence-corrected chi connectivity index (χ3v) is 30.2. The van der Waals surface area contributed by atoms with Crippen molar-refractivity contribution in [1.29, 1.82) is 0 Å². The van der Waals surface area contributed by atoms with E-state index in [1.165, 1.54) is 51.8 Å². The van der Waals surface area contributed by atoms with Crippen molar-refractivity contribution in [3.05, 3.63) is 0 Å². The van der Waals surface area contributed by atoms with E-state index in [1.807, 2.05) is 13.8 Å². The molecule has 0 fully saturated rings. The van der Waals surface area contributed by atoms with Crippen LogP contribution in [0.5, 0.6) is 0 Å². The molecule has 0 aromatic rings. The molecule has 3 nitrogen and oxygen atoms in total. The van der Waals surface area contributed by atoms with Crippen LogP contribution in [0.25, 0.3) is 0 Å². The molecule has 0 rings (SSSR count). The summed E-state index contributed by atoms with van der Waals surface area (Å²) in [5.74, 6) is 0. The molecular weight excluding hydrogens is 414 g/mol. The van der Waals surface area contributed by atoms with Gasteiger partial charge >= 0.3 is 150 Å². The maximum atomic E-state index is 13.5. The summed E-state index contributed by atoms with van der Waals surface area (Å²) in [5.41, 5.74) is 0. The fourth-order valence-electron chi connectivity index (χ4n) is 3.54. The van der Waals surface area contributed by atoms with Gasteiger partial charge in [-0.3, -0.25) is 0 Å². The molecule has 23 heavy (non-hydrogen) atoms. The van der Waals surface area contributed by atoms with Gasteiger partial charge in [-0.25, -0.2) is 0 Å². The molecule has 1 atom stereocenters. The van der Waals surface area contributed by atoms with Gasteiger partial charge in [0.15, 0.2) is 0 Å². The van der Waals surface area contributed by atoms with Crippen LogP contribution in [-0.4, -0.2) is 35.3 Å². The molecular formula is C18H41O3PSn. The predicted molar refractivity (Wildman–Crippen MR) is 105 cm³/mol. The fourth-order valence-corrected chi connectivity index (χ4v) is 29.8. The van der Waals surface area contributed by atoms with Crippen molar-refractivity contribution < 1.29 is 13.6 Å². The van der Waals surface area contributed by atoms with Crippen LogP contribution < -0.4 is 0 Å². The topological polar surface area (TPSA) is 35.5 Å². The van der Waals surface area contributed by atoms with E-state index < -0.39 is 26.0 Å². The van der Waals surface area contributed by atoms with E-state index in [2.05, 4.69) is 27.7 Å². The summed E-state index contributed by atoms with van der Waals surface area (Å²) in [4.78, 5) is 0. The first-order valence-electron chi connectivity index (χ1n) is 9.85. The van der Waals surface area contributed by atoms with E-state index in [4.69, 9.17) is 9.05 Å². The van der Waals surface area contributed by atoms with Crippen molar-refractivity contribution >= 4 is 26.0 Å². The summed E-state index contributed by atoms with van der Waals surface area (Å²) in [7, 11) is -2.96. The zero-order valence-corrected chi connectivity index (χ0v) is 20.3. The van der Waals surface area contributed by atoms with Gasteiger partial charge in [0.1, 0.15) is 0 Å². The third-order valence-electron chi connectivity index (χ3n) is 5.06. The molecule has 0 amide bonds. The van der Waals surface area contributed by atoms with E-state index in [0.717, 1.165) is 0 Å². The Labute approximate surface area is 149 Å². The molecule has 0 bridgehead atoms. The van der Waals surface area contributed by atoms with Gasteiger partial charge in [-0.05, 0) is 0 Å². The molecule has 0 aliphatic rings. The summed E-state index contributed by atoms with van der Waals surface area (Å²) in [5, 5.41) is 0. The minimum atomic E-state index is -2.96. The summed E-state index contributed by atoms with van der Waals surface area (Å²) >= 11 is -2.59. The van der Waals surface area contributed by atoms with Gasteiger partial charge in [-0.2, -0.15) is 0 Å². The average molecular weight is 455 g/mol. The van der Waals surface area contributed by atoms with Gasteiger partial charge in [0, 0.05) is 0 Å². The quantitative estimate of drug-likeness (QED) is 0.197. The van der Waals surface area contributed by atoms with Gasteiger partial charge in [0.25, 0.3) is 0 Å². The molecule has 140 valence electrons. The molecule has 0 N–H and O–H groups in total. The summed E-state index contributed by atoms with van der Waals surface area (Å²) in [6.07, 6.45) is 7.55. The summed E-state index contributed by atoms with van der Waals surface area (Å²) < 4.78 is 29.2. The molecule has 0 aliphatic carbocycles. The van der Waals surface area contributed by atoms with Crippen molar-refractivity contribution in [2.24, 2.45) is 0 Å². The second-order valence-electron chi connectivity index (χ2n) is 6.72. The number of unbranched alkanes of at least 4 members (excludes halogenated alkanes) is 3. The second kappa shape index (κ2) is 13.2.